The lowest BCUT2D eigenvalue weighted by molar-refractivity contribution is 0.639. The van der Waals surface area contributed by atoms with Crippen LogP contribution in [-0.4, -0.2) is 36.1 Å². The molecular weight excluding hydrogens is 286 g/mol. The molecule has 1 fully saturated rings. The van der Waals surface area contributed by atoms with Crippen LogP contribution in [0.4, 0.5) is 11.6 Å². The summed E-state index contributed by atoms with van der Waals surface area (Å²) in [5.41, 5.74) is 1.56. The molecule has 3 rings (SSSR count). The highest BCUT2D eigenvalue weighted by Crippen LogP contribution is 2.25. The first-order valence-corrected chi connectivity index (χ1v) is 7.12. The smallest absolute Gasteiger partial charge is 0.225 e. The van der Waals surface area contributed by atoms with Crippen LogP contribution in [0.15, 0.2) is 36.7 Å². The van der Waals surface area contributed by atoms with E-state index in [2.05, 4.69) is 25.8 Å². The molecule has 0 N–H and O–H groups in total. The van der Waals surface area contributed by atoms with E-state index in [1.165, 1.54) is 0 Å². The molecule has 5 nitrogen and oxygen atoms in total. The Bertz CT molecular complexity index is 660. The maximum absolute atomic E-state index is 9.22. The highest BCUT2D eigenvalue weighted by atomic mass is 35.5. The molecule has 1 saturated heterocycles. The Balaban J connectivity index is 1.75. The molecule has 0 unspecified atom stereocenters. The zero-order valence-electron chi connectivity index (χ0n) is 11.4. The van der Waals surface area contributed by atoms with Crippen molar-refractivity contribution in [1.29, 1.82) is 5.26 Å². The van der Waals surface area contributed by atoms with Crippen LogP contribution in [0.25, 0.3) is 0 Å². The number of nitrogens with zero attached hydrogens (tertiary/aromatic N) is 5. The number of halogens is 1. The zero-order valence-corrected chi connectivity index (χ0v) is 12.2. The summed E-state index contributed by atoms with van der Waals surface area (Å²) in [5, 5.41) is 9.87. The van der Waals surface area contributed by atoms with Gasteiger partial charge in [-0.1, -0.05) is 11.6 Å². The number of anilines is 2. The van der Waals surface area contributed by atoms with E-state index < -0.39 is 0 Å². The van der Waals surface area contributed by atoms with Gasteiger partial charge in [0.15, 0.2) is 0 Å². The van der Waals surface area contributed by atoms with Crippen LogP contribution in [0.5, 0.6) is 0 Å². The van der Waals surface area contributed by atoms with Crippen molar-refractivity contribution < 1.29 is 0 Å². The molecule has 1 aromatic heterocycles. The lowest BCUT2D eigenvalue weighted by atomic mass is 10.1. The van der Waals surface area contributed by atoms with Crippen molar-refractivity contribution in [2.45, 2.75) is 0 Å². The third-order valence-electron chi connectivity index (χ3n) is 3.54. The Morgan fingerprint density at radius 3 is 2.38 bits per heavy atom. The summed E-state index contributed by atoms with van der Waals surface area (Å²) in [4.78, 5) is 12.9. The van der Waals surface area contributed by atoms with Gasteiger partial charge in [0, 0.05) is 43.6 Å². The molecule has 0 saturated carbocycles. The Labute approximate surface area is 128 Å². The fourth-order valence-electron chi connectivity index (χ4n) is 2.46. The van der Waals surface area contributed by atoms with Crippen LogP contribution in [0.3, 0.4) is 0 Å². The first-order valence-electron chi connectivity index (χ1n) is 6.74. The number of piperazine rings is 1. The predicted molar refractivity (Wildman–Crippen MR) is 82.6 cm³/mol. The van der Waals surface area contributed by atoms with Gasteiger partial charge in [-0.15, -0.1) is 0 Å². The van der Waals surface area contributed by atoms with Crippen molar-refractivity contribution in [1.82, 2.24) is 9.97 Å². The summed E-state index contributed by atoms with van der Waals surface area (Å²) in [6.07, 6.45) is 3.50. The molecule has 0 spiro atoms. The predicted octanol–water partition coefficient (Wildman–Crippen LogP) is 2.33. The van der Waals surface area contributed by atoms with Gasteiger partial charge in [0.05, 0.1) is 11.3 Å². The van der Waals surface area contributed by atoms with E-state index in [0.29, 0.717) is 10.6 Å². The summed E-state index contributed by atoms with van der Waals surface area (Å²) in [6.45, 7) is 3.27. The van der Waals surface area contributed by atoms with Crippen molar-refractivity contribution in [2.75, 3.05) is 36.0 Å². The van der Waals surface area contributed by atoms with Crippen LogP contribution in [0.2, 0.25) is 5.02 Å². The second kappa shape index (κ2) is 5.98. The lowest BCUT2D eigenvalue weighted by Crippen LogP contribution is -2.47. The van der Waals surface area contributed by atoms with Crippen molar-refractivity contribution in [3.05, 3.63) is 47.2 Å². The van der Waals surface area contributed by atoms with Gasteiger partial charge in [0.25, 0.3) is 0 Å². The lowest BCUT2D eigenvalue weighted by Gasteiger charge is -2.36. The number of hydrogen-bond acceptors (Lipinski definition) is 5. The Morgan fingerprint density at radius 2 is 1.71 bits per heavy atom. The summed E-state index contributed by atoms with van der Waals surface area (Å²) in [7, 11) is 0. The molecule has 0 aliphatic carbocycles. The van der Waals surface area contributed by atoms with Crippen molar-refractivity contribution in [2.24, 2.45) is 0 Å². The molecule has 0 radical (unpaired) electrons. The second-order valence-electron chi connectivity index (χ2n) is 4.80. The Hall–Kier alpha value is -2.32. The first-order chi connectivity index (χ1) is 10.3. The minimum Gasteiger partial charge on any atom is -0.367 e. The average molecular weight is 300 g/mol. The van der Waals surface area contributed by atoms with E-state index >= 15 is 0 Å². The number of nitriles is 1. The third-order valence-corrected chi connectivity index (χ3v) is 3.77. The van der Waals surface area contributed by atoms with Gasteiger partial charge < -0.3 is 9.80 Å². The Morgan fingerprint density at radius 1 is 1.05 bits per heavy atom. The van der Waals surface area contributed by atoms with Gasteiger partial charge in [-0.3, -0.25) is 0 Å². The maximum atomic E-state index is 9.22. The minimum absolute atomic E-state index is 0.651. The van der Waals surface area contributed by atoms with E-state index in [1.807, 2.05) is 12.1 Å². The molecule has 6 heteroatoms. The summed E-state index contributed by atoms with van der Waals surface area (Å²) in [6, 6.07) is 9.41. The maximum Gasteiger partial charge on any atom is 0.225 e. The van der Waals surface area contributed by atoms with Gasteiger partial charge in [-0.05, 0) is 24.3 Å². The molecule has 2 aromatic rings. The van der Waals surface area contributed by atoms with Crippen molar-refractivity contribution >= 4 is 23.2 Å². The van der Waals surface area contributed by atoms with Gasteiger partial charge in [-0.25, -0.2) is 9.97 Å². The molecule has 106 valence electrons. The molecule has 0 bridgehead atoms. The monoisotopic (exact) mass is 299 g/mol. The first kappa shape index (κ1) is 13.7. The van der Waals surface area contributed by atoms with Crippen LogP contribution in [-0.2, 0) is 0 Å². The number of hydrogen-bond donors (Lipinski definition) is 0. The molecule has 21 heavy (non-hydrogen) atoms. The molecule has 2 heterocycles. The van der Waals surface area contributed by atoms with Gasteiger partial charge in [0.1, 0.15) is 6.07 Å². The van der Waals surface area contributed by atoms with E-state index in [4.69, 9.17) is 11.6 Å². The average Bonchev–Trinajstić information content (AvgIpc) is 2.56. The minimum atomic E-state index is 0.651. The van der Waals surface area contributed by atoms with E-state index in [-0.39, 0.29) is 0 Å². The molecule has 0 amide bonds. The summed E-state index contributed by atoms with van der Waals surface area (Å²) >= 11 is 6.05. The quantitative estimate of drug-likeness (QED) is 0.852. The zero-order chi connectivity index (χ0) is 14.7. The van der Waals surface area contributed by atoms with E-state index in [1.54, 1.807) is 24.5 Å². The Kier molecular flexibility index (Phi) is 3.89. The molecule has 1 aliphatic heterocycles. The molecular formula is C15H14ClN5. The number of rotatable bonds is 2. The number of benzene rings is 1. The normalized spacial score (nSPS) is 14.9. The van der Waals surface area contributed by atoms with E-state index in [0.717, 1.165) is 37.8 Å². The van der Waals surface area contributed by atoms with Crippen molar-refractivity contribution in [3.63, 3.8) is 0 Å². The third kappa shape index (κ3) is 2.91. The summed E-state index contributed by atoms with van der Waals surface area (Å²) in [5.74, 6) is 0.753. The topological polar surface area (TPSA) is 56.1 Å². The molecule has 0 atom stereocenters. The fraction of sp³-hybridized carbons (Fsp3) is 0.267. The largest absolute Gasteiger partial charge is 0.367 e. The van der Waals surface area contributed by atoms with Crippen LogP contribution in [0.1, 0.15) is 5.56 Å². The van der Waals surface area contributed by atoms with Gasteiger partial charge in [-0.2, -0.15) is 5.26 Å². The highest BCUT2D eigenvalue weighted by molar-refractivity contribution is 6.30. The van der Waals surface area contributed by atoms with Crippen LogP contribution >= 0.6 is 11.6 Å². The van der Waals surface area contributed by atoms with Crippen LogP contribution < -0.4 is 9.80 Å². The highest BCUT2D eigenvalue weighted by Gasteiger charge is 2.20. The summed E-state index contributed by atoms with van der Waals surface area (Å²) < 4.78 is 0. The number of aromatic nitrogens is 2. The fourth-order valence-corrected chi connectivity index (χ4v) is 2.63. The molecule has 1 aromatic carbocycles. The SMILES string of the molecule is N#Cc1ccc(Cl)cc1N1CCN(c2ncccn2)CC1. The van der Waals surface area contributed by atoms with Crippen molar-refractivity contribution in [3.8, 4) is 6.07 Å². The van der Waals surface area contributed by atoms with Crippen LogP contribution in [0, 0.1) is 11.3 Å². The molecule has 1 aliphatic rings. The van der Waals surface area contributed by atoms with E-state index in [9.17, 15) is 5.26 Å². The standard InChI is InChI=1S/C15H14ClN5/c16-13-3-2-12(11-17)14(10-13)20-6-8-21(9-7-20)15-18-4-1-5-19-15/h1-5,10H,6-9H2. The van der Waals surface area contributed by atoms with Gasteiger partial charge in [0.2, 0.25) is 5.95 Å². The second-order valence-corrected chi connectivity index (χ2v) is 5.23. The van der Waals surface area contributed by atoms with Gasteiger partial charge >= 0.3 is 0 Å².